The maximum atomic E-state index is 5.59. The van der Waals surface area contributed by atoms with Crippen LogP contribution in [0.5, 0.6) is 11.5 Å². The monoisotopic (exact) mass is 422 g/mol. The van der Waals surface area contributed by atoms with E-state index in [9.17, 15) is 0 Å². The van der Waals surface area contributed by atoms with Gasteiger partial charge in [0.1, 0.15) is 0 Å². The molecule has 4 rings (SSSR count). The minimum absolute atomic E-state index is 0.0538. The third-order valence-electron chi connectivity index (χ3n) is 6.34. The van der Waals surface area contributed by atoms with Crippen LogP contribution in [0, 0.1) is 5.92 Å². The Labute approximate surface area is 184 Å². The Morgan fingerprint density at radius 2 is 1.77 bits per heavy atom. The molecule has 1 fully saturated rings. The van der Waals surface area contributed by atoms with Gasteiger partial charge in [-0.3, -0.25) is 0 Å². The van der Waals surface area contributed by atoms with Gasteiger partial charge in [0.15, 0.2) is 17.5 Å². The minimum Gasteiger partial charge on any atom is -0.493 e. The molecule has 0 radical (unpaired) electrons. The molecule has 1 aliphatic heterocycles. The summed E-state index contributed by atoms with van der Waals surface area (Å²) in [5, 5.41) is 12.9. The normalized spacial score (nSPS) is 19.7. The van der Waals surface area contributed by atoms with Crippen molar-refractivity contribution in [2.45, 2.75) is 38.8 Å². The third kappa shape index (κ3) is 4.88. The van der Waals surface area contributed by atoms with E-state index in [2.05, 4.69) is 58.8 Å². The second kappa shape index (κ2) is 9.92. The molecule has 1 aliphatic rings. The van der Waals surface area contributed by atoms with Gasteiger partial charge in [-0.15, -0.1) is 5.10 Å². The average Bonchev–Trinajstić information content (AvgIpc) is 3.27. The SMILES string of the molecule is COc1ccc([C@H](c2nnnn2CCc2ccccc2)[NH+]2CCC(C)CC2)cc1OC. The summed E-state index contributed by atoms with van der Waals surface area (Å²) in [6.45, 7) is 5.30. The number of nitrogens with zero attached hydrogens (tertiary/aromatic N) is 4. The predicted molar refractivity (Wildman–Crippen MR) is 118 cm³/mol. The van der Waals surface area contributed by atoms with Gasteiger partial charge in [-0.05, 0) is 59.4 Å². The number of rotatable bonds is 8. The zero-order chi connectivity index (χ0) is 21.6. The smallest absolute Gasteiger partial charge is 0.214 e. The number of aromatic nitrogens is 4. The lowest BCUT2D eigenvalue weighted by molar-refractivity contribution is -0.932. The molecule has 1 N–H and O–H groups in total. The molecule has 7 heteroatoms. The van der Waals surface area contributed by atoms with Crippen LogP contribution in [0.15, 0.2) is 48.5 Å². The fourth-order valence-corrected chi connectivity index (χ4v) is 4.48. The number of quaternary nitrogens is 1. The number of nitrogens with one attached hydrogen (secondary N) is 1. The van der Waals surface area contributed by atoms with Crippen LogP contribution in [0.3, 0.4) is 0 Å². The summed E-state index contributed by atoms with van der Waals surface area (Å²) in [5.41, 5.74) is 2.43. The average molecular weight is 423 g/mol. The van der Waals surface area contributed by atoms with Crippen LogP contribution in [0.4, 0.5) is 0 Å². The number of tetrazole rings is 1. The summed E-state index contributed by atoms with van der Waals surface area (Å²) in [5.74, 6) is 3.14. The fraction of sp³-hybridized carbons (Fsp3) is 0.458. The van der Waals surface area contributed by atoms with E-state index in [0.717, 1.165) is 54.9 Å². The maximum Gasteiger partial charge on any atom is 0.214 e. The summed E-state index contributed by atoms with van der Waals surface area (Å²) in [6.07, 6.45) is 3.32. The Hall–Kier alpha value is -2.93. The van der Waals surface area contributed by atoms with E-state index in [0.29, 0.717) is 0 Å². The Balaban J connectivity index is 1.66. The molecule has 0 aliphatic carbocycles. The van der Waals surface area contributed by atoms with Crippen molar-refractivity contribution < 1.29 is 14.4 Å². The summed E-state index contributed by atoms with van der Waals surface area (Å²) in [7, 11) is 3.34. The second-order valence-electron chi connectivity index (χ2n) is 8.38. The van der Waals surface area contributed by atoms with Crippen molar-refractivity contribution in [2.24, 2.45) is 5.92 Å². The van der Waals surface area contributed by atoms with E-state index in [4.69, 9.17) is 9.47 Å². The Kier molecular flexibility index (Phi) is 6.82. The summed E-state index contributed by atoms with van der Waals surface area (Å²) >= 11 is 0. The van der Waals surface area contributed by atoms with Gasteiger partial charge in [0.05, 0.1) is 27.3 Å². The molecule has 2 heterocycles. The zero-order valence-electron chi connectivity index (χ0n) is 18.6. The van der Waals surface area contributed by atoms with Crippen molar-refractivity contribution in [1.29, 1.82) is 0 Å². The maximum absolute atomic E-state index is 5.59. The molecule has 3 aromatic rings. The van der Waals surface area contributed by atoms with Crippen LogP contribution in [-0.4, -0.2) is 47.5 Å². The molecular formula is C24H32N5O2+. The zero-order valence-corrected chi connectivity index (χ0v) is 18.6. The molecule has 0 amide bonds. The van der Waals surface area contributed by atoms with Crippen molar-refractivity contribution in [3.63, 3.8) is 0 Å². The van der Waals surface area contributed by atoms with Crippen molar-refractivity contribution >= 4 is 0 Å². The summed E-state index contributed by atoms with van der Waals surface area (Å²) < 4.78 is 13.0. The molecule has 7 nitrogen and oxygen atoms in total. The number of benzene rings is 2. The van der Waals surface area contributed by atoms with Crippen molar-refractivity contribution in [1.82, 2.24) is 20.2 Å². The first kappa shape index (κ1) is 21.3. The van der Waals surface area contributed by atoms with Crippen LogP contribution < -0.4 is 14.4 Å². The van der Waals surface area contributed by atoms with Gasteiger partial charge in [-0.25, -0.2) is 4.68 Å². The van der Waals surface area contributed by atoms with Crippen LogP contribution in [0.2, 0.25) is 0 Å². The molecule has 1 aromatic heterocycles. The highest BCUT2D eigenvalue weighted by Crippen LogP contribution is 2.31. The van der Waals surface area contributed by atoms with Crippen LogP contribution >= 0.6 is 0 Å². The van der Waals surface area contributed by atoms with E-state index in [-0.39, 0.29) is 6.04 Å². The number of ether oxygens (including phenoxy) is 2. The van der Waals surface area contributed by atoms with Gasteiger partial charge in [0.2, 0.25) is 5.82 Å². The van der Waals surface area contributed by atoms with Gasteiger partial charge in [0.25, 0.3) is 0 Å². The molecule has 1 saturated heterocycles. The lowest BCUT2D eigenvalue weighted by Crippen LogP contribution is -3.13. The van der Waals surface area contributed by atoms with E-state index in [1.807, 2.05) is 16.8 Å². The Morgan fingerprint density at radius 3 is 2.48 bits per heavy atom. The van der Waals surface area contributed by atoms with E-state index >= 15 is 0 Å². The first-order valence-electron chi connectivity index (χ1n) is 11.1. The number of methoxy groups -OCH3 is 2. The van der Waals surface area contributed by atoms with Gasteiger partial charge in [0, 0.05) is 12.1 Å². The highest BCUT2D eigenvalue weighted by molar-refractivity contribution is 5.44. The number of piperidine rings is 1. The summed E-state index contributed by atoms with van der Waals surface area (Å²) in [4.78, 5) is 1.50. The molecule has 0 unspecified atom stereocenters. The van der Waals surface area contributed by atoms with Crippen LogP contribution in [-0.2, 0) is 13.0 Å². The Bertz CT molecular complexity index is 967. The van der Waals surface area contributed by atoms with E-state index in [1.165, 1.54) is 23.3 Å². The van der Waals surface area contributed by atoms with Crippen LogP contribution in [0.25, 0.3) is 0 Å². The van der Waals surface area contributed by atoms with Gasteiger partial charge in [-0.2, -0.15) is 0 Å². The van der Waals surface area contributed by atoms with Crippen LogP contribution in [0.1, 0.15) is 42.8 Å². The van der Waals surface area contributed by atoms with Gasteiger partial charge in [-0.1, -0.05) is 37.3 Å². The molecule has 2 aromatic carbocycles. The first-order chi connectivity index (χ1) is 15.2. The van der Waals surface area contributed by atoms with E-state index in [1.54, 1.807) is 14.2 Å². The quantitative estimate of drug-likeness (QED) is 0.604. The molecule has 0 spiro atoms. The predicted octanol–water partition coefficient (Wildman–Crippen LogP) is 2.34. The highest BCUT2D eigenvalue weighted by Gasteiger charge is 2.34. The summed E-state index contributed by atoms with van der Waals surface area (Å²) in [6, 6.07) is 16.7. The topological polar surface area (TPSA) is 66.5 Å². The Morgan fingerprint density at radius 1 is 1.03 bits per heavy atom. The lowest BCUT2D eigenvalue weighted by Gasteiger charge is -2.33. The first-order valence-corrected chi connectivity index (χ1v) is 11.1. The van der Waals surface area contributed by atoms with E-state index < -0.39 is 0 Å². The molecular weight excluding hydrogens is 390 g/mol. The van der Waals surface area contributed by atoms with Crippen molar-refractivity contribution in [3.8, 4) is 11.5 Å². The minimum atomic E-state index is 0.0538. The number of hydrogen-bond donors (Lipinski definition) is 1. The standard InChI is InChI=1S/C24H31N5O2/c1-18-11-14-28(15-12-18)23(20-9-10-21(30-2)22(17-20)31-3)24-25-26-27-29(24)16-13-19-7-5-4-6-8-19/h4-10,17-18,23H,11-16H2,1-3H3/p+1/t23-/m1/s1. The molecule has 31 heavy (non-hydrogen) atoms. The molecule has 0 bridgehead atoms. The number of aryl methyl sites for hydroxylation is 2. The van der Waals surface area contributed by atoms with Crippen molar-refractivity contribution in [3.05, 3.63) is 65.5 Å². The van der Waals surface area contributed by atoms with Gasteiger partial charge >= 0.3 is 0 Å². The number of hydrogen-bond acceptors (Lipinski definition) is 5. The highest BCUT2D eigenvalue weighted by atomic mass is 16.5. The fourth-order valence-electron chi connectivity index (χ4n) is 4.48. The molecule has 0 saturated carbocycles. The molecule has 1 atom stereocenters. The lowest BCUT2D eigenvalue weighted by atomic mass is 9.95. The van der Waals surface area contributed by atoms with Crippen molar-refractivity contribution in [2.75, 3.05) is 27.3 Å². The number of likely N-dealkylation sites (tertiary alicyclic amines) is 1. The molecule has 164 valence electrons. The third-order valence-corrected chi connectivity index (χ3v) is 6.34. The van der Waals surface area contributed by atoms with Gasteiger partial charge < -0.3 is 14.4 Å². The second-order valence-corrected chi connectivity index (χ2v) is 8.38. The largest absolute Gasteiger partial charge is 0.493 e.